The summed E-state index contributed by atoms with van der Waals surface area (Å²) in [6.07, 6.45) is 3.38. The van der Waals surface area contributed by atoms with Crippen molar-refractivity contribution in [1.29, 1.82) is 0 Å². The van der Waals surface area contributed by atoms with Gasteiger partial charge in [0, 0.05) is 25.6 Å². The van der Waals surface area contributed by atoms with E-state index in [-0.39, 0.29) is 0 Å². The summed E-state index contributed by atoms with van der Waals surface area (Å²) in [7, 11) is 1.98. The van der Waals surface area contributed by atoms with E-state index in [9.17, 15) is 4.79 Å². The second-order valence-corrected chi connectivity index (χ2v) is 4.74. The van der Waals surface area contributed by atoms with Gasteiger partial charge in [-0.2, -0.15) is 5.10 Å². The fourth-order valence-electron chi connectivity index (χ4n) is 2.45. The van der Waals surface area contributed by atoms with Crippen molar-refractivity contribution in [2.45, 2.75) is 59.3 Å². The highest BCUT2D eigenvalue weighted by atomic mass is 16.1. The molecule has 1 unspecified atom stereocenters. The molecule has 0 saturated carbocycles. The first-order valence-corrected chi connectivity index (χ1v) is 6.53. The molecule has 96 valence electrons. The molecule has 0 radical (unpaired) electrons. The largest absolute Gasteiger partial charge is 0.300 e. The van der Waals surface area contributed by atoms with Crippen LogP contribution in [0.4, 0.5) is 0 Å². The van der Waals surface area contributed by atoms with Gasteiger partial charge in [-0.3, -0.25) is 9.48 Å². The van der Waals surface area contributed by atoms with Crippen LogP contribution in [0.3, 0.4) is 0 Å². The Balaban J connectivity index is 2.83. The van der Waals surface area contributed by atoms with Crippen molar-refractivity contribution in [3.05, 3.63) is 17.0 Å². The Hall–Kier alpha value is -1.12. The lowest BCUT2D eigenvalue weighted by Gasteiger charge is -2.15. The smallest absolute Gasteiger partial charge is 0.132 e. The first kappa shape index (κ1) is 13.9. The predicted molar refractivity (Wildman–Crippen MR) is 70.2 cm³/mol. The van der Waals surface area contributed by atoms with Gasteiger partial charge in [0.1, 0.15) is 5.78 Å². The molecule has 1 aromatic rings. The van der Waals surface area contributed by atoms with Crippen LogP contribution in [0, 0.1) is 13.8 Å². The fourth-order valence-corrected chi connectivity index (χ4v) is 2.45. The van der Waals surface area contributed by atoms with E-state index in [4.69, 9.17) is 0 Å². The summed E-state index contributed by atoms with van der Waals surface area (Å²) >= 11 is 0. The Kier molecular flexibility index (Phi) is 4.91. The minimum atomic E-state index is 0.364. The standard InChI is InChI=1S/C14H24N2O/c1-6-12(8-9-13(17)7-2)14-10(3)15-16(5)11(14)4/h12H,6-9H2,1-5H3. The molecule has 0 aliphatic heterocycles. The van der Waals surface area contributed by atoms with Crippen LogP contribution in [0.2, 0.25) is 0 Å². The Labute approximate surface area is 104 Å². The highest BCUT2D eigenvalue weighted by Gasteiger charge is 2.19. The monoisotopic (exact) mass is 236 g/mol. The van der Waals surface area contributed by atoms with Crippen molar-refractivity contribution in [3.63, 3.8) is 0 Å². The van der Waals surface area contributed by atoms with Gasteiger partial charge in [-0.15, -0.1) is 0 Å². The number of carbonyl (C=O) groups excluding carboxylic acids is 1. The number of aryl methyl sites for hydroxylation is 2. The van der Waals surface area contributed by atoms with E-state index in [0.717, 1.165) is 18.5 Å². The molecule has 0 fully saturated rings. The number of carbonyl (C=O) groups is 1. The minimum absolute atomic E-state index is 0.364. The second kappa shape index (κ2) is 5.99. The molecule has 3 heteroatoms. The lowest BCUT2D eigenvalue weighted by molar-refractivity contribution is -0.118. The molecule has 0 saturated heterocycles. The molecule has 0 spiro atoms. The zero-order chi connectivity index (χ0) is 13.0. The molecule has 1 atom stereocenters. The normalized spacial score (nSPS) is 12.8. The molecule has 1 heterocycles. The molecule has 0 aromatic carbocycles. The molecule has 17 heavy (non-hydrogen) atoms. The average molecular weight is 236 g/mol. The van der Waals surface area contributed by atoms with Gasteiger partial charge >= 0.3 is 0 Å². The van der Waals surface area contributed by atoms with E-state index in [1.165, 1.54) is 11.3 Å². The zero-order valence-electron chi connectivity index (χ0n) is 11.7. The molecule has 0 amide bonds. The van der Waals surface area contributed by atoms with Gasteiger partial charge < -0.3 is 0 Å². The highest BCUT2D eigenvalue weighted by Crippen LogP contribution is 2.29. The Morgan fingerprint density at radius 1 is 1.35 bits per heavy atom. The van der Waals surface area contributed by atoms with Gasteiger partial charge in [-0.25, -0.2) is 0 Å². The summed E-state index contributed by atoms with van der Waals surface area (Å²) < 4.78 is 1.94. The number of hydrogen-bond acceptors (Lipinski definition) is 2. The maximum atomic E-state index is 11.4. The first-order chi connectivity index (χ1) is 8.01. The molecule has 1 aromatic heterocycles. The van der Waals surface area contributed by atoms with Crippen molar-refractivity contribution in [2.24, 2.45) is 7.05 Å². The highest BCUT2D eigenvalue weighted by molar-refractivity contribution is 5.78. The van der Waals surface area contributed by atoms with Crippen LogP contribution in [-0.2, 0) is 11.8 Å². The van der Waals surface area contributed by atoms with Gasteiger partial charge in [0.25, 0.3) is 0 Å². The number of Topliss-reactive ketones (excluding diaryl/α,β-unsaturated/α-hetero) is 1. The summed E-state index contributed by atoms with van der Waals surface area (Å²) in [5.41, 5.74) is 3.69. The summed E-state index contributed by atoms with van der Waals surface area (Å²) in [5, 5.41) is 4.46. The van der Waals surface area contributed by atoms with E-state index in [1.54, 1.807) is 0 Å². The maximum Gasteiger partial charge on any atom is 0.132 e. The van der Waals surface area contributed by atoms with E-state index >= 15 is 0 Å². The summed E-state index contributed by atoms with van der Waals surface area (Å²) in [5.74, 6) is 0.835. The van der Waals surface area contributed by atoms with Crippen molar-refractivity contribution in [3.8, 4) is 0 Å². The molecule has 1 rings (SSSR count). The molecule has 0 N–H and O–H groups in total. The van der Waals surface area contributed by atoms with Gasteiger partial charge in [0.2, 0.25) is 0 Å². The summed E-state index contributed by atoms with van der Waals surface area (Å²) in [6.45, 7) is 8.29. The second-order valence-electron chi connectivity index (χ2n) is 4.74. The number of rotatable bonds is 6. The van der Waals surface area contributed by atoms with Gasteiger partial charge in [-0.05, 0) is 38.2 Å². The average Bonchev–Trinajstić information content (AvgIpc) is 2.55. The maximum absolute atomic E-state index is 11.4. The van der Waals surface area contributed by atoms with Crippen molar-refractivity contribution in [1.82, 2.24) is 9.78 Å². The number of aromatic nitrogens is 2. The zero-order valence-corrected chi connectivity index (χ0v) is 11.7. The van der Waals surface area contributed by atoms with Crippen LogP contribution in [0.1, 0.15) is 62.4 Å². The Morgan fingerprint density at radius 2 is 2.00 bits per heavy atom. The minimum Gasteiger partial charge on any atom is -0.300 e. The Bertz CT molecular complexity index is 393. The summed E-state index contributed by atoms with van der Waals surface area (Å²) in [4.78, 5) is 11.4. The van der Waals surface area contributed by atoms with E-state index in [0.29, 0.717) is 24.5 Å². The SMILES string of the molecule is CCC(=O)CCC(CC)c1c(C)nn(C)c1C. The van der Waals surface area contributed by atoms with Crippen molar-refractivity contribution in [2.75, 3.05) is 0 Å². The lowest BCUT2D eigenvalue weighted by atomic mass is 9.89. The molecule has 0 aliphatic carbocycles. The van der Waals surface area contributed by atoms with E-state index in [2.05, 4.69) is 25.9 Å². The molecular formula is C14H24N2O. The first-order valence-electron chi connectivity index (χ1n) is 6.53. The quantitative estimate of drug-likeness (QED) is 0.759. The molecular weight excluding hydrogens is 212 g/mol. The van der Waals surface area contributed by atoms with Gasteiger partial charge in [-0.1, -0.05) is 13.8 Å². The topological polar surface area (TPSA) is 34.9 Å². The van der Waals surface area contributed by atoms with Crippen LogP contribution in [0.25, 0.3) is 0 Å². The van der Waals surface area contributed by atoms with Crippen molar-refractivity contribution < 1.29 is 4.79 Å². The van der Waals surface area contributed by atoms with Crippen LogP contribution in [0.15, 0.2) is 0 Å². The number of ketones is 1. The van der Waals surface area contributed by atoms with Crippen molar-refractivity contribution >= 4 is 5.78 Å². The van der Waals surface area contributed by atoms with Gasteiger partial charge in [0.05, 0.1) is 5.69 Å². The molecule has 3 nitrogen and oxygen atoms in total. The third-order valence-electron chi connectivity index (χ3n) is 3.63. The third kappa shape index (κ3) is 3.18. The summed E-state index contributed by atoms with van der Waals surface area (Å²) in [6, 6.07) is 0. The van der Waals surface area contributed by atoms with Crippen LogP contribution < -0.4 is 0 Å². The molecule has 0 aliphatic rings. The molecule has 0 bridgehead atoms. The number of hydrogen-bond donors (Lipinski definition) is 0. The van der Waals surface area contributed by atoms with Crippen LogP contribution in [-0.4, -0.2) is 15.6 Å². The fraction of sp³-hybridized carbons (Fsp3) is 0.714. The van der Waals surface area contributed by atoms with Crippen LogP contribution in [0.5, 0.6) is 0 Å². The van der Waals surface area contributed by atoms with Crippen LogP contribution >= 0.6 is 0 Å². The Morgan fingerprint density at radius 3 is 2.41 bits per heavy atom. The van der Waals surface area contributed by atoms with E-state index < -0.39 is 0 Å². The van der Waals surface area contributed by atoms with E-state index in [1.807, 2.05) is 18.7 Å². The lowest BCUT2D eigenvalue weighted by Crippen LogP contribution is -2.05. The third-order valence-corrected chi connectivity index (χ3v) is 3.63. The van der Waals surface area contributed by atoms with Gasteiger partial charge in [0.15, 0.2) is 0 Å². The predicted octanol–water partition coefficient (Wildman–Crippen LogP) is 3.29. The number of nitrogens with zero attached hydrogens (tertiary/aromatic N) is 2.